The van der Waals surface area contributed by atoms with Crippen molar-refractivity contribution in [2.45, 2.75) is 34.6 Å². The van der Waals surface area contributed by atoms with E-state index in [-0.39, 0.29) is 12.2 Å². The summed E-state index contributed by atoms with van der Waals surface area (Å²) in [7, 11) is 0. The van der Waals surface area contributed by atoms with Gasteiger partial charge in [0.15, 0.2) is 0 Å². The summed E-state index contributed by atoms with van der Waals surface area (Å²) < 4.78 is 7.07. The van der Waals surface area contributed by atoms with E-state index in [0.29, 0.717) is 0 Å². The fraction of sp³-hybridized carbons (Fsp3) is 0.300. The Hall–Kier alpha value is -2.80. The van der Waals surface area contributed by atoms with E-state index in [1.54, 1.807) is 13.0 Å². The Morgan fingerprint density at radius 2 is 2.00 bits per heavy atom. The zero-order valence-corrected chi connectivity index (χ0v) is 14.8. The predicted molar refractivity (Wildman–Crippen MR) is 94.9 cm³/mol. The molecule has 0 unspecified atom stereocenters. The molecule has 0 aliphatic carbocycles. The summed E-state index contributed by atoms with van der Waals surface area (Å²) >= 11 is 0. The van der Waals surface area contributed by atoms with E-state index >= 15 is 0 Å². The maximum Gasteiger partial charge on any atom is 0.348 e. The molecule has 4 nitrogen and oxygen atoms in total. The van der Waals surface area contributed by atoms with Gasteiger partial charge >= 0.3 is 5.97 Å². The molecule has 0 saturated heterocycles. The minimum atomic E-state index is -0.587. The number of nitrogens with zero attached hydrogens (tertiary/aromatic N) is 2. The molecule has 0 atom stereocenters. The van der Waals surface area contributed by atoms with Crippen LogP contribution in [-0.2, 0) is 9.53 Å². The van der Waals surface area contributed by atoms with Crippen LogP contribution >= 0.6 is 0 Å². The average molecular weight is 322 g/mol. The van der Waals surface area contributed by atoms with Crippen molar-refractivity contribution in [2.75, 3.05) is 6.61 Å². The molecule has 2 rings (SSSR count). The van der Waals surface area contributed by atoms with Crippen LogP contribution in [-0.4, -0.2) is 17.1 Å². The maximum absolute atomic E-state index is 11.8. The number of aryl methyl sites for hydroxylation is 2. The monoisotopic (exact) mass is 322 g/mol. The highest BCUT2D eigenvalue weighted by Gasteiger charge is 2.15. The van der Waals surface area contributed by atoms with Gasteiger partial charge in [-0.05, 0) is 69.5 Å². The van der Waals surface area contributed by atoms with Crippen LogP contribution < -0.4 is 0 Å². The molecular formula is C20H22N2O2. The Morgan fingerprint density at radius 3 is 2.62 bits per heavy atom. The van der Waals surface area contributed by atoms with Gasteiger partial charge in [0.05, 0.1) is 6.61 Å². The summed E-state index contributed by atoms with van der Waals surface area (Å²) in [5.74, 6) is -0.587. The smallest absolute Gasteiger partial charge is 0.348 e. The molecule has 0 saturated carbocycles. The van der Waals surface area contributed by atoms with Crippen LogP contribution in [0.15, 0.2) is 29.8 Å². The van der Waals surface area contributed by atoms with Crippen LogP contribution in [0.1, 0.15) is 35.0 Å². The number of hydrogen-bond donors (Lipinski definition) is 0. The Morgan fingerprint density at radius 1 is 1.29 bits per heavy atom. The second kappa shape index (κ2) is 7.18. The molecule has 24 heavy (non-hydrogen) atoms. The van der Waals surface area contributed by atoms with Crippen molar-refractivity contribution in [1.29, 1.82) is 5.26 Å². The number of rotatable bonds is 4. The summed E-state index contributed by atoms with van der Waals surface area (Å²) in [6.45, 7) is 10.2. The normalized spacial score (nSPS) is 11.2. The van der Waals surface area contributed by atoms with E-state index in [4.69, 9.17) is 4.74 Å². The van der Waals surface area contributed by atoms with Crippen LogP contribution in [0.5, 0.6) is 0 Å². The summed E-state index contributed by atoms with van der Waals surface area (Å²) in [5, 5.41) is 9.22. The Labute approximate surface area is 143 Å². The van der Waals surface area contributed by atoms with Crippen molar-refractivity contribution in [3.63, 3.8) is 0 Å². The van der Waals surface area contributed by atoms with E-state index in [1.165, 1.54) is 11.1 Å². The van der Waals surface area contributed by atoms with Crippen molar-refractivity contribution in [3.8, 4) is 11.8 Å². The van der Waals surface area contributed by atoms with Gasteiger partial charge in [-0.2, -0.15) is 5.26 Å². The Kier molecular flexibility index (Phi) is 5.25. The minimum absolute atomic E-state index is 0.0121. The standard InChI is InChI=1S/C20H22N2O2/c1-6-24-20(23)18(12-21)11-17-10-14(3)22(16(17)5)19-9-7-8-13(2)15(19)4/h7-11H,6H2,1-5H3/b18-11+. The van der Waals surface area contributed by atoms with Crippen molar-refractivity contribution in [3.05, 3.63) is 57.9 Å². The van der Waals surface area contributed by atoms with Crippen LogP contribution in [0.25, 0.3) is 11.8 Å². The molecule has 0 amide bonds. The first kappa shape index (κ1) is 17.6. The van der Waals surface area contributed by atoms with Gasteiger partial charge in [0.2, 0.25) is 0 Å². The fourth-order valence-corrected chi connectivity index (χ4v) is 2.78. The van der Waals surface area contributed by atoms with Crippen molar-refractivity contribution >= 4 is 12.0 Å². The van der Waals surface area contributed by atoms with Gasteiger partial charge in [0.25, 0.3) is 0 Å². The third-order valence-electron chi connectivity index (χ3n) is 4.20. The molecule has 0 N–H and O–H groups in total. The molecule has 1 aromatic heterocycles. The van der Waals surface area contributed by atoms with Crippen LogP contribution in [0, 0.1) is 39.0 Å². The number of hydrogen-bond acceptors (Lipinski definition) is 3. The van der Waals surface area contributed by atoms with Gasteiger partial charge < -0.3 is 9.30 Å². The summed E-state index contributed by atoms with van der Waals surface area (Å²) in [6.07, 6.45) is 1.60. The van der Waals surface area contributed by atoms with Crippen LogP contribution in [0.3, 0.4) is 0 Å². The van der Waals surface area contributed by atoms with Gasteiger partial charge in [-0.15, -0.1) is 0 Å². The van der Waals surface area contributed by atoms with Crippen molar-refractivity contribution in [1.82, 2.24) is 4.57 Å². The molecular weight excluding hydrogens is 300 g/mol. The topological polar surface area (TPSA) is 55.0 Å². The Balaban J connectivity index is 2.56. The number of ether oxygens (including phenoxy) is 1. The second-order valence-corrected chi connectivity index (χ2v) is 5.77. The van der Waals surface area contributed by atoms with Gasteiger partial charge in [-0.25, -0.2) is 4.79 Å². The van der Waals surface area contributed by atoms with Gasteiger partial charge in [-0.3, -0.25) is 0 Å². The molecule has 0 aliphatic heterocycles. The van der Waals surface area contributed by atoms with Crippen LogP contribution in [0.4, 0.5) is 0 Å². The van der Waals surface area contributed by atoms with E-state index < -0.39 is 5.97 Å². The quantitative estimate of drug-likeness (QED) is 0.482. The SMILES string of the molecule is CCOC(=O)/C(C#N)=C/c1cc(C)n(-c2cccc(C)c2C)c1C. The first-order valence-corrected chi connectivity index (χ1v) is 7.95. The van der Waals surface area contributed by atoms with Crippen molar-refractivity contribution < 1.29 is 9.53 Å². The highest BCUT2D eigenvalue weighted by molar-refractivity contribution is 5.98. The van der Waals surface area contributed by atoms with Gasteiger partial charge in [0, 0.05) is 17.1 Å². The molecule has 0 spiro atoms. The molecule has 124 valence electrons. The highest BCUT2D eigenvalue weighted by Crippen LogP contribution is 2.26. The van der Waals surface area contributed by atoms with E-state index in [9.17, 15) is 10.1 Å². The number of carbonyl (C=O) groups excluding carboxylic acids is 1. The Bertz CT molecular complexity index is 851. The van der Waals surface area contributed by atoms with Crippen molar-refractivity contribution in [2.24, 2.45) is 0 Å². The molecule has 4 heteroatoms. The first-order chi connectivity index (χ1) is 11.4. The molecule has 1 heterocycles. The molecule has 0 bridgehead atoms. The maximum atomic E-state index is 11.8. The third kappa shape index (κ3) is 3.26. The van der Waals surface area contributed by atoms with Gasteiger partial charge in [-0.1, -0.05) is 12.1 Å². The summed E-state index contributed by atoms with van der Waals surface area (Å²) in [6, 6.07) is 10.1. The lowest BCUT2D eigenvalue weighted by molar-refractivity contribution is -0.137. The zero-order chi connectivity index (χ0) is 17.9. The average Bonchev–Trinajstić information content (AvgIpc) is 2.82. The molecule has 2 aromatic rings. The van der Waals surface area contributed by atoms with Gasteiger partial charge in [0.1, 0.15) is 11.6 Å². The number of nitriles is 1. The lowest BCUT2D eigenvalue weighted by atomic mass is 10.1. The predicted octanol–water partition coefficient (Wildman–Crippen LogP) is 4.18. The molecule has 0 fully saturated rings. The number of esters is 1. The zero-order valence-electron chi connectivity index (χ0n) is 14.8. The summed E-state index contributed by atoms with van der Waals surface area (Å²) in [5.41, 5.74) is 6.43. The first-order valence-electron chi connectivity index (χ1n) is 7.95. The number of aromatic nitrogens is 1. The lowest BCUT2D eigenvalue weighted by Gasteiger charge is -2.14. The highest BCUT2D eigenvalue weighted by atomic mass is 16.5. The van der Waals surface area contributed by atoms with E-state index in [0.717, 1.165) is 22.6 Å². The summed E-state index contributed by atoms with van der Waals surface area (Å²) in [4.78, 5) is 11.8. The molecule has 1 aromatic carbocycles. The lowest BCUT2D eigenvalue weighted by Crippen LogP contribution is -2.06. The number of carbonyl (C=O) groups is 1. The number of benzene rings is 1. The molecule has 0 radical (unpaired) electrons. The fourth-order valence-electron chi connectivity index (χ4n) is 2.78. The minimum Gasteiger partial charge on any atom is -0.462 e. The van der Waals surface area contributed by atoms with E-state index in [2.05, 4.69) is 30.5 Å². The third-order valence-corrected chi connectivity index (χ3v) is 4.20. The van der Waals surface area contributed by atoms with Crippen LogP contribution in [0.2, 0.25) is 0 Å². The molecule has 0 aliphatic rings. The second-order valence-electron chi connectivity index (χ2n) is 5.77. The largest absolute Gasteiger partial charge is 0.462 e. The van der Waals surface area contributed by atoms with E-state index in [1.807, 2.05) is 32.0 Å².